The van der Waals surface area contributed by atoms with E-state index in [2.05, 4.69) is 4.72 Å². The number of benzene rings is 2. The van der Waals surface area contributed by atoms with E-state index in [1.165, 1.54) is 24.3 Å². The second-order valence-corrected chi connectivity index (χ2v) is 6.32. The molecule has 0 aliphatic carbocycles. The quantitative estimate of drug-likeness (QED) is 0.945. The monoisotopic (exact) mass is 306 g/mol. The molecular formula is C14H11ClN2O2S. The maximum absolute atomic E-state index is 12.2. The van der Waals surface area contributed by atoms with Crippen molar-refractivity contribution in [3.05, 3.63) is 58.6 Å². The highest BCUT2D eigenvalue weighted by Crippen LogP contribution is 2.22. The van der Waals surface area contributed by atoms with Gasteiger partial charge < -0.3 is 0 Å². The van der Waals surface area contributed by atoms with Crippen molar-refractivity contribution in [1.29, 1.82) is 5.26 Å². The summed E-state index contributed by atoms with van der Waals surface area (Å²) < 4.78 is 26.9. The minimum absolute atomic E-state index is 0.103. The number of hydrogen-bond donors (Lipinski definition) is 1. The van der Waals surface area contributed by atoms with Crippen molar-refractivity contribution in [2.75, 3.05) is 4.72 Å². The molecule has 1 N–H and O–H groups in total. The maximum atomic E-state index is 12.2. The second-order valence-electron chi connectivity index (χ2n) is 4.20. The fourth-order valence-corrected chi connectivity index (χ4v) is 3.01. The molecule has 0 heterocycles. The van der Waals surface area contributed by atoms with Gasteiger partial charge in [-0.25, -0.2) is 8.42 Å². The predicted octanol–water partition coefficient (Wildman–Crippen LogP) is 3.32. The van der Waals surface area contributed by atoms with Gasteiger partial charge >= 0.3 is 0 Å². The van der Waals surface area contributed by atoms with Gasteiger partial charge in [0.15, 0.2) is 0 Å². The van der Waals surface area contributed by atoms with Crippen LogP contribution in [0.15, 0.2) is 47.4 Å². The van der Waals surface area contributed by atoms with E-state index in [9.17, 15) is 8.42 Å². The molecular weight excluding hydrogens is 296 g/mol. The van der Waals surface area contributed by atoms with E-state index < -0.39 is 10.0 Å². The van der Waals surface area contributed by atoms with Gasteiger partial charge in [-0.15, -0.1) is 0 Å². The van der Waals surface area contributed by atoms with Crippen molar-refractivity contribution in [3.8, 4) is 6.07 Å². The third kappa shape index (κ3) is 3.10. The van der Waals surface area contributed by atoms with E-state index in [1.807, 2.05) is 6.07 Å². The highest BCUT2D eigenvalue weighted by molar-refractivity contribution is 7.92. The minimum atomic E-state index is -3.68. The van der Waals surface area contributed by atoms with Crippen LogP contribution >= 0.6 is 11.6 Å². The molecule has 0 unspecified atom stereocenters. The number of nitrogens with zero attached hydrogens (tertiary/aromatic N) is 1. The highest BCUT2D eigenvalue weighted by Gasteiger charge is 2.15. The van der Waals surface area contributed by atoms with Crippen LogP contribution in [-0.4, -0.2) is 8.42 Å². The summed E-state index contributed by atoms with van der Waals surface area (Å²) in [7, 11) is -3.68. The van der Waals surface area contributed by atoms with Crippen molar-refractivity contribution in [2.45, 2.75) is 11.8 Å². The lowest BCUT2D eigenvalue weighted by Crippen LogP contribution is -2.13. The molecule has 0 aromatic heterocycles. The molecule has 0 spiro atoms. The van der Waals surface area contributed by atoms with Crippen molar-refractivity contribution in [2.24, 2.45) is 0 Å². The second kappa shape index (κ2) is 5.53. The smallest absolute Gasteiger partial charge is 0.261 e. The first-order valence-electron chi connectivity index (χ1n) is 5.71. The zero-order valence-electron chi connectivity index (χ0n) is 10.6. The number of rotatable bonds is 3. The van der Waals surface area contributed by atoms with E-state index in [4.69, 9.17) is 16.9 Å². The summed E-state index contributed by atoms with van der Waals surface area (Å²) in [6.07, 6.45) is 0. The fourth-order valence-electron chi connectivity index (χ4n) is 1.65. The molecule has 20 heavy (non-hydrogen) atoms. The van der Waals surface area contributed by atoms with Crippen molar-refractivity contribution < 1.29 is 8.42 Å². The van der Waals surface area contributed by atoms with Gasteiger partial charge in [0.1, 0.15) is 0 Å². The number of anilines is 1. The van der Waals surface area contributed by atoms with Crippen LogP contribution in [0.25, 0.3) is 0 Å². The zero-order valence-corrected chi connectivity index (χ0v) is 12.2. The Morgan fingerprint density at radius 3 is 2.35 bits per heavy atom. The minimum Gasteiger partial charge on any atom is -0.279 e. The van der Waals surface area contributed by atoms with Crippen LogP contribution in [0.5, 0.6) is 0 Å². The van der Waals surface area contributed by atoms with Crippen LogP contribution in [0.4, 0.5) is 5.69 Å². The van der Waals surface area contributed by atoms with Crippen LogP contribution in [0.3, 0.4) is 0 Å². The molecule has 0 saturated carbocycles. The van der Waals surface area contributed by atoms with Crippen molar-refractivity contribution in [1.82, 2.24) is 0 Å². The Morgan fingerprint density at radius 2 is 1.80 bits per heavy atom. The number of hydrogen-bond acceptors (Lipinski definition) is 3. The number of nitrogens with one attached hydrogen (secondary N) is 1. The van der Waals surface area contributed by atoms with Crippen LogP contribution < -0.4 is 4.72 Å². The summed E-state index contributed by atoms with van der Waals surface area (Å²) in [4.78, 5) is 0.103. The Balaban J connectivity index is 2.33. The van der Waals surface area contributed by atoms with Crippen LogP contribution in [0.2, 0.25) is 5.02 Å². The van der Waals surface area contributed by atoms with Crippen molar-refractivity contribution >= 4 is 27.3 Å². The molecule has 4 nitrogen and oxygen atoms in total. The standard InChI is InChI=1S/C14H11ClN2O2S/c1-10-8-12(15)4-7-14(10)17-20(18,19)13-5-2-11(9-16)3-6-13/h2-8,17H,1H3. The summed E-state index contributed by atoms with van der Waals surface area (Å²) in [5.74, 6) is 0. The molecule has 102 valence electrons. The predicted molar refractivity (Wildman–Crippen MR) is 78.2 cm³/mol. The summed E-state index contributed by atoms with van der Waals surface area (Å²) in [6.45, 7) is 1.77. The highest BCUT2D eigenvalue weighted by atomic mass is 35.5. The van der Waals surface area contributed by atoms with E-state index >= 15 is 0 Å². The molecule has 0 atom stereocenters. The molecule has 2 aromatic carbocycles. The fraction of sp³-hybridized carbons (Fsp3) is 0.0714. The van der Waals surface area contributed by atoms with Crippen molar-refractivity contribution in [3.63, 3.8) is 0 Å². The third-order valence-electron chi connectivity index (χ3n) is 2.73. The van der Waals surface area contributed by atoms with Gasteiger partial charge in [0, 0.05) is 5.02 Å². The number of sulfonamides is 1. The molecule has 0 saturated heterocycles. The lowest BCUT2D eigenvalue weighted by atomic mass is 10.2. The van der Waals surface area contributed by atoms with E-state index in [0.717, 1.165) is 5.56 Å². The van der Waals surface area contributed by atoms with Gasteiger partial charge in [-0.3, -0.25) is 4.72 Å². The third-order valence-corrected chi connectivity index (χ3v) is 4.34. The summed E-state index contributed by atoms with van der Waals surface area (Å²) in [6, 6.07) is 12.6. The Labute approximate surface area is 122 Å². The average molecular weight is 307 g/mol. The average Bonchev–Trinajstić information content (AvgIpc) is 2.42. The lowest BCUT2D eigenvalue weighted by molar-refractivity contribution is 0.601. The van der Waals surface area contributed by atoms with Gasteiger partial charge in [-0.1, -0.05) is 11.6 Å². The Morgan fingerprint density at radius 1 is 1.15 bits per heavy atom. The van der Waals surface area contributed by atoms with Gasteiger partial charge in [0.05, 0.1) is 22.2 Å². The molecule has 2 aromatic rings. The zero-order chi connectivity index (χ0) is 14.8. The Bertz CT molecular complexity index is 778. The van der Waals surface area contributed by atoms with E-state index in [1.54, 1.807) is 25.1 Å². The maximum Gasteiger partial charge on any atom is 0.261 e. The van der Waals surface area contributed by atoms with Gasteiger partial charge in [0.25, 0.3) is 10.0 Å². The van der Waals surface area contributed by atoms with Crippen LogP contribution in [0, 0.1) is 18.3 Å². The van der Waals surface area contributed by atoms with Gasteiger partial charge in [0.2, 0.25) is 0 Å². The number of halogens is 1. The Hall–Kier alpha value is -2.03. The van der Waals surface area contributed by atoms with Crippen LogP contribution in [0.1, 0.15) is 11.1 Å². The van der Waals surface area contributed by atoms with E-state index in [-0.39, 0.29) is 4.90 Å². The first kappa shape index (κ1) is 14.4. The number of nitriles is 1. The molecule has 2 rings (SSSR count). The largest absolute Gasteiger partial charge is 0.279 e. The van der Waals surface area contributed by atoms with Crippen LogP contribution in [-0.2, 0) is 10.0 Å². The normalized spacial score (nSPS) is 10.8. The first-order chi connectivity index (χ1) is 9.42. The molecule has 0 radical (unpaired) electrons. The SMILES string of the molecule is Cc1cc(Cl)ccc1NS(=O)(=O)c1ccc(C#N)cc1. The summed E-state index contributed by atoms with van der Waals surface area (Å²) >= 11 is 5.83. The molecule has 6 heteroatoms. The molecule has 0 aliphatic rings. The number of aryl methyl sites for hydroxylation is 1. The summed E-state index contributed by atoms with van der Waals surface area (Å²) in [5.41, 5.74) is 1.61. The topological polar surface area (TPSA) is 70.0 Å². The molecule has 0 bridgehead atoms. The lowest BCUT2D eigenvalue weighted by Gasteiger charge is -2.10. The van der Waals surface area contributed by atoms with Gasteiger partial charge in [-0.2, -0.15) is 5.26 Å². The molecule has 0 aliphatic heterocycles. The van der Waals surface area contributed by atoms with Gasteiger partial charge in [-0.05, 0) is 55.0 Å². The Kier molecular flexibility index (Phi) is 3.98. The molecule has 0 fully saturated rings. The first-order valence-corrected chi connectivity index (χ1v) is 7.57. The van der Waals surface area contributed by atoms with E-state index in [0.29, 0.717) is 16.3 Å². The summed E-state index contributed by atoms with van der Waals surface area (Å²) in [5, 5.41) is 9.25. The molecule has 0 amide bonds.